The SMILES string of the molecule is Cc1cc(CCCN(C)C)c([N+](=O)[O-])cc1C. The molecule has 0 fully saturated rings. The van der Waals surface area contributed by atoms with Crippen LogP contribution in [0.2, 0.25) is 0 Å². The van der Waals surface area contributed by atoms with Crippen LogP contribution in [0.15, 0.2) is 12.1 Å². The topological polar surface area (TPSA) is 46.4 Å². The average molecular weight is 236 g/mol. The summed E-state index contributed by atoms with van der Waals surface area (Å²) in [4.78, 5) is 12.8. The second-order valence-electron chi connectivity index (χ2n) is 4.73. The molecule has 0 spiro atoms. The van der Waals surface area contributed by atoms with Gasteiger partial charge in [0.25, 0.3) is 5.69 Å². The average Bonchev–Trinajstić information content (AvgIpc) is 2.22. The summed E-state index contributed by atoms with van der Waals surface area (Å²) in [6.07, 6.45) is 1.70. The van der Waals surface area contributed by atoms with Gasteiger partial charge >= 0.3 is 0 Å². The van der Waals surface area contributed by atoms with Gasteiger partial charge in [-0.15, -0.1) is 0 Å². The van der Waals surface area contributed by atoms with Crippen molar-refractivity contribution >= 4 is 5.69 Å². The largest absolute Gasteiger partial charge is 0.309 e. The van der Waals surface area contributed by atoms with Gasteiger partial charge in [0.05, 0.1) is 4.92 Å². The fraction of sp³-hybridized carbons (Fsp3) is 0.538. The Morgan fingerprint density at radius 2 is 1.82 bits per heavy atom. The van der Waals surface area contributed by atoms with Gasteiger partial charge in [0, 0.05) is 11.6 Å². The van der Waals surface area contributed by atoms with Crippen LogP contribution in [0, 0.1) is 24.0 Å². The lowest BCUT2D eigenvalue weighted by atomic mass is 10.0. The molecule has 0 saturated heterocycles. The number of nitrogens with zero attached hydrogens (tertiary/aromatic N) is 2. The number of nitro groups is 1. The predicted octanol–water partition coefficient (Wildman–Crippen LogP) is 2.71. The van der Waals surface area contributed by atoms with E-state index in [9.17, 15) is 10.1 Å². The Hall–Kier alpha value is -1.42. The summed E-state index contributed by atoms with van der Waals surface area (Å²) in [7, 11) is 4.02. The summed E-state index contributed by atoms with van der Waals surface area (Å²) < 4.78 is 0. The Bertz CT molecular complexity index is 414. The van der Waals surface area contributed by atoms with Crippen LogP contribution in [0.5, 0.6) is 0 Å². The molecule has 4 nitrogen and oxygen atoms in total. The van der Waals surface area contributed by atoms with Crippen molar-refractivity contribution in [2.75, 3.05) is 20.6 Å². The maximum Gasteiger partial charge on any atom is 0.272 e. The molecule has 0 radical (unpaired) electrons. The number of hydrogen-bond donors (Lipinski definition) is 0. The molecule has 0 unspecified atom stereocenters. The summed E-state index contributed by atoms with van der Waals surface area (Å²) in [5, 5.41) is 11.0. The molecule has 0 aliphatic heterocycles. The lowest BCUT2D eigenvalue weighted by Gasteiger charge is -2.10. The van der Waals surface area contributed by atoms with E-state index in [2.05, 4.69) is 4.90 Å². The van der Waals surface area contributed by atoms with Crippen molar-refractivity contribution in [2.24, 2.45) is 0 Å². The lowest BCUT2D eigenvalue weighted by molar-refractivity contribution is -0.385. The lowest BCUT2D eigenvalue weighted by Crippen LogP contribution is -2.13. The van der Waals surface area contributed by atoms with Gasteiger partial charge in [0.2, 0.25) is 0 Å². The Morgan fingerprint density at radius 3 is 2.35 bits per heavy atom. The first-order chi connectivity index (χ1) is 7.91. The number of benzene rings is 1. The molecule has 0 aliphatic rings. The van der Waals surface area contributed by atoms with Crippen molar-refractivity contribution in [3.63, 3.8) is 0 Å². The van der Waals surface area contributed by atoms with Crippen molar-refractivity contribution in [1.82, 2.24) is 4.90 Å². The highest BCUT2D eigenvalue weighted by molar-refractivity contribution is 5.46. The molecule has 0 aromatic heterocycles. The van der Waals surface area contributed by atoms with Crippen molar-refractivity contribution in [3.8, 4) is 0 Å². The van der Waals surface area contributed by atoms with Gasteiger partial charge in [-0.25, -0.2) is 0 Å². The Labute approximate surface area is 102 Å². The Balaban J connectivity index is 2.89. The molecule has 0 saturated carbocycles. The quantitative estimate of drug-likeness (QED) is 0.583. The molecule has 0 bridgehead atoms. The molecule has 0 amide bonds. The van der Waals surface area contributed by atoms with Crippen molar-refractivity contribution in [3.05, 3.63) is 38.9 Å². The van der Waals surface area contributed by atoms with Crippen LogP contribution >= 0.6 is 0 Å². The Morgan fingerprint density at radius 1 is 1.24 bits per heavy atom. The second kappa shape index (κ2) is 5.77. The highest BCUT2D eigenvalue weighted by Gasteiger charge is 2.14. The maximum absolute atomic E-state index is 11.0. The molecule has 1 aromatic carbocycles. The summed E-state index contributed by atoms with van der Waals surface area (Å²) in [6, 6.07) is 3.63. The number of aryl methyl sites for hydroxylation is 3. The number of nitro benzene ring substituents is 1. The van der Waals surface area contributed by atoms with E-state index in [1.807, 2.05) is 34.0 Å². The van der Waals surface area contributed by atoms with Gasteiger partial charge in [-0.3, -0.25) is 10.1 Å². The first kappa shape index (κ1) is 13.6. The zero-order valence-electron chi connectivity index (χ0n) is 11.0. The van der Waals surface area contributed by atoms with Crippen LogP contribution in [-0.4, -0.2) is 30.5 Å². The molecule has 1 rings (SSSR count). The molecule has 94 valence electrons. The van der Waals surface area contributed by atoms with E-state index >= 15 is 0 Å². The van der Waals surface area contributed by atoms with Crippen LogP contribution in [0.4, 0.5) is 5.69 Å². The summed E-state index contributed by atoms with van der Waals surface area (Å²) in [5.74, 6) is 0. The molecule has 1 aromatic rings. The number of rotatable bonds is 5. The zero-order chi connectivity index (χ0) is 13.0. The summed E-state index contributed by atoms with van der Waals surface area (Å²) in [5.41, 5.74) is 3.20. The standard InChI is InChI=1S/C13H20N2O2/c1-10-8-12(6-5-7-14(3)4)13(15(16)17)9-11(10)2/h8-9H,5-7H2,1-4H3. The first-order valence-corrected chi connectivity index (χ1v) is 5.81. The second-order valence-corrected chi connectivity index (χ2v) is 4.73. The first-order valence-electron chi connectivity index (χ1n) is 5.81. The van der Waals surface area contributed by atoms with Gasteiger partial charge in [0.15, 0.2) is 0 Å². The highest BCUT2D eigenvalue weighted by atomic mass is 16.6. The molecular weight excluding hydrogens is 216 g/mol. The molecular formula is C13H20N2O2. The van der Waals surface area contributed by atoms with Crippen LogP contribution < -0.4 is 0 Å². The van der Waals surface area contributed by atoms with Crippen LogP contribution in [0.3, 0.4) is 0 Å². The van der Waals surface area contributed by atoms with Crippen molar-refractivity contribution < 1.29 is 4.92 Å². The summed E-state index contributed by atoms with van der Waals surface area (Å²) in [6.45, 7) is 4.85. The van der Waals surface area contributed by atoms with E-state index in [0.717, 1.165) is 36.1 Å². The normalized spacial score (nSPS) is 10.9. The number of hydrogen-bond acceptors (Lipinski definition) is 3. The smallest absolute Gasteiger partial charge is 0.272 e. The van der Waals surface area contributed by atoms with Gasteiger partial charge in [-0.05, 0) is 64.5 Å². The molecule has 0 heterocycles. The van der Waals surface area contributed by atoms with Crippen LogP contribution in [0.1, 0.15) is 23.1 Å². The maximum atomic E-state index is 11.0. The fourth-order valence-electron chi connectivity index (χ4n) is 1.82. The van der Waals surface area contributed by atoms with E-state index < -0.39 is 0 Å². The third-order valence-corrected chi connectivity index (χ3v) is 2.94. The molecule has 0 N–H and O–H groups in total. The minimum absolute atomic E-state index is 0.256. The summed E-state index contributed by atoms with van der Waals surface area (Å²) >= 11 is 0. The third-order valence-electron chi connectivity index (χ3n) is 2.94. The van der Waals surface area contributed by atoms with Crippen LogP contribution in [0.25, 0.3) is 0 Å². The molecule has 0 atom stereocenters. The fourth-order valence-corrected chi connectivity index (χ4v) is 1.82. The molecule has 4 heteroatoms. The molecule has 0 aliphatic carbocycles. The van der Waals surface area contributed by atoms with E-state index in [0.29, 0.717) is 0 Å². The van der Waals surface area contributed by atoms with E-state index in [-0.39, 0.29) is 10.6 Å². The van der Waals surface area contributed by atoms with Gasteiger partial charge in [-0.2, -0.15) is 0 Å². The minimum atomic E-state index is -0.280. The predicted molar refractivity (Wildman–Crippen MR) is 69.4 cm³/mol. The Kier molecular flexibility index (Phi) is 4.63. The highest BCUT2D eigenvalue weighted by Crippen LogP contribution is 2.24. The minimum Gasteiger partial charge on any atom is -0.309 e. The molecule has 17 heavy (non-hydrogen) atoms. The van der Waals surface area contributed by atoms with E-state index in [4.69, 9.17) is 0 Å². The monoisotopic (exact) mass is 236 g/mol. The van der Waals surface area contributed by atoms with E-state index in [1.54, 1.807) is 6.07 Å². The zero-order valence-corrected chi connectivity index (χ0v) is 11.0. The van der Waals surface area contributed by atoms with Gasteiger partial charge in [-0.1, -0.05) is 0 Å². The van der Waals surface area contributed by atoms with Gasteiger partial charge in [0.1, 0.15) is 0 Å². The van der Waals surface area contributed by atoms with Crippen LogP contribution in [-0.2, 0) is 6.42 Å². The third kappa shape index (κ3) is 3.82. The van der Waals surface area contributed by atoms with Crippen molar-refractivity contribution in [1.29, 1.82) is 0 Å². The van der Waals surface area contributed by atoms with Crippen molar-refractivity contribution in [2.45, 2.75) is 26.7 Å². The van der Waals surface area contributed by atoms with E-state index in [1.165, 1.54) is 0 Å². The van der Waals surface area contributed by atoms with Gasteiger partial charge < -0.3 is 4.90 Å².